The minimum absolute atomic E-state index is 0.145. The van der Waals surface area contributed by atoms with Crippen LogP contribution in [0.25, 0.3) is 10.9 Å². The molecule has 0 amide bonds. The topological polar surface area (TPSA) is 95.3 Å². The third kappa shape index (κ3) is 2.46. The summed E-state index contributed by atoms with van der Waals surface area (Å²) >= 11 is 0. The molecule has 1 aromatic heterocycles. The number of nitrogens with one attached hydrogen (secondary N) is 1. The first kappa shape index (κ1) is 12.9. The van der Waals surface area contributed by atoms with E-state index in [1.54, 1.807) is 6.07 Å². The number of aromatic nitrogens is 2. The maximum Gasteiger partial charge on any atom is 0.339 e. The molecule has 0 radical (unpaired) electrons. The molecule has 0 saturated carbocycles. The molecule has 0 aliphatic heterocycles. The molecule has 6 heteroatoms. The first-order chi connectivity index (χ1) is 10.1. The lowest BCUT2D eigenvalue weighted by molar-refractivity contribution is 0.0694. The number of nitrogens with zero attached hydrogens (tertiary/aromatic N) is 2. The van der Waals surface area contributed by atoms with Gasteiger partial charge in [-0.25, -0.2) is 14.8 Å². The molecule has 0 bridgehead atoms. The number of rotatable bonds is 3. The second kappa shape index (κ2) is 5.09. The number of anilines is 2. The first-order valence-electron chi connectivity index (χ1n) is 6.18. The van der Waals surface area contributed by atoms with E-state index in [-0.39, 0.29) is 11.3 Å². The highest BCUT2D eigenvalue weighted by Gasteiger charge is 2.10. The lowest BCUT2D eigenvalue weighted by atomic mass is 10.1. The summed E-state index contributed by atoms with van der Waals surface area (Å²) in [6, 6.07) is 11.8. The van der Waals surface area contributed by atoms with Gasteiger partial charge in [-0.05, 0) is 24.3 Å². The summed E-state index contributed by atoms with van der Waals surface area (Å²) in [6.45, 7) is 0. The number of phenols is 1. The van der Waals surface area contributed by atoms with E-state index in [0.29, 0.717) is 11.5 Å². The van der Waals surface area contributed by atoms with Crippen LogP contribution in [0, 0.1) is 0 Å². The van der Waals surface area contributed by atoms with E-state index >= 15 is 0 Å². The minimum Gasteiger partial charge on any atom is -0.507 e. The lowest BCUT2D eigenvalue weighted by Crippen LogP contribution is -1.99. The van der Waals surface area contributed by atoms with Crippen LogP contribution in [0.2, 0.25) is 0 Å². The smallest absolute Gasteiger partial charge is 0.339 e. The highest BCUT2D eigenvalue weighted by atomic mass is 16.4. The summed E-state index contributed by atoms with van der Waals surface area (Å²) in [5.41, 5.74) is 1.19. The van der Waals surface area contributed by atoms with Gasteiger partial charge in [0.2, 0.25) is 0 Å². The van der Waals surface area contributed by atoms with Crippen LogP contribution in [-0.2, 0) is 0 Å². The Labute approximate surface area is 119 Å². The lowest BCUT2D eigenvalue weighted by Gasteiger charge is -2.09. The highest BCUT2D eigenvalue weighted by molar-refractivity contribution is 5.93. The fraction of sp³-hybridized carbons (Fsp3) is 0. The van der Waals surface area contributed by atoms with E-state index in [9.17, 15) is 9.90 Å². The van der Waals surface area contributed by atoms with Crippen molar-refractivity contribution >= 4 is 28.4 Å². The van der Waals surface area contributed by atoms with Gasteiger partial charge in [0.1, 0.15) is 23.5 Å². The fourth-order valence-electron chi connectivity index (χ4n) is 2.03. The van der Waals surface area contributed by atoms with E-state index in [1.165, 1.54) is 18.5 Å². The maximum atomic E-state index is 10.9. The third-order valence-corrected chi connectivity index (χ3v) is 3.03. The summed E-state index contributed by atoms with van der Waals surface area (Å²) in [5, 5.41) is 22.5. The van der Waals surface area contributed by atoms with Gasteiger partial charge in [0.05, 0.1) is 5.52 Å². The molecule has 21 heavy (non-hydrogen) atoms. The normalized spacial score (nSPS) is 10.5. The van der Waals surface area contributed by atoms with Gasteiger partial charge in [-0.1, -0.05) is 12.1 Å². The second-order valence-corrected chi connectivity index (χ2v) is 4.40. The molecule has 1 heterocycles. The monoisotopic (exact) mass is 281 g/mol. The molecule has 0 spiro atoms. The number of aromatic carboxylic acids is 1. The first-order valence-corrected chi connectivity index (χ1v) is 6.18. The van der Waals surface area contributed by atoms with Gasteiger partial charge < -0.3 is 15.5 Å². The number of benzene rings is 2. The third-order valence-electron chi connectivity index (χ3n) is 3.03. The van der Waals surface area contributed by atoms with Crippen molar-refractivity contribution in [2.45, 2.75) is 0 Å². The predicted molar refractivity (Wildman–Crippen MR) is 77.9 cm³/mol. The van der Waals surface area contributed by atoms with Gasteiger partial charge in [0.25, 0.3) is 0 Å². The van der Waals surface area contributed by atoms with E-state index in [1.807, 2.05) is 24.3 Å². The molecule has 0 fully saturated rings. The largest absolute Gasteiger partial charge is 0.507 e. The molecule has 0 aliphatic carbocycles. The molecule has 3 N–H and O–H groups in total. The van der Waals surface area contributed by atoms with Crippen LogP contribution in [0.4, 0.5) is 11.5 Å². The van der Waals surface area contributed by atoms with E-state index in [4.69, 9.17) is 5.11 Å². The number of hydrogen-bond acceptors (Lipinski definition) is 5. The Morgan fingerprint density at radius 3 is 2.67 bits per heavy atom. The Morgan fingerprint density at radius 2 is 1.90 bits per heavy atom. The summed E-state index contributed by atoms with van der Waals surface area (Å²) in [4.78, 5) is 19.2. The summed E-state index contributed by atoms with van der Waals surface area (Å²) in [5.74, 6) is -0.888. The molecule has 104 valence electrons. The molecule has 0 saturated heterocycles. The van der Waals surface area contributed by atoms with Crippen LogP contribution in [0.5, 0.6) is 5.75 Å². The van der Waals surface area contributed by atoms with Crippen molar-refractivity contribution in [1.29, 1.82) is 0 Å². The van der Waals surface area contributed by atoms with Gasteiger partial charge >= 0.3 is 5.97 Å². The van der Waals surface area contributed by atoms with Crippen LogP contribution >= 0.6 is 0 Å². The Hall–Kier alpha value is -3.15. The van der Waals surface area contributed by atoms with E-state index < -0.39 is 5.97 Å². The summed E-state index contributed by atoms with van der Waals surface area (Å²) in [6.07, 6.45) is 1.44. The van der Waals surface area contributed by atoms with E-state index in [0.717, 1.165) is 10.9 Å². The molecule has 0 aliphatic rings. The fourth-order valence-corrected chi connectivity index (χ4v) is 2.03. The number of carbonyl (C=O) groups is 1. The number of para-hydroxylation sites is 1. The molecule has 2 aromatic carbocycles. The van der Waals surface area contributed by atoms with Gasteiger partial charge in [-0.2, -0.15) is 0 Å². The zero-order chi connectivity index (χ0) is 14.8. The Bertz CT molecular complexity index is 828. The molecular weight excluding hydrogens is 270 g/mol. The number of hydrogen-bond donors (Lipinski definition) is 3. The van der Waals surface area contributed by atoms with Crippen molar-refractivity contribution in [2.24, 2.45) is 0 Å². The van der Waals surface area contributed by atoms with Gasteiger partial charge in [0.15, 0.2) is 0 Å². The summed E-state index contributed by atoms with van der Waals surface area (Å²) < 4.78 is 0. The predicted octanol–water partition coefficient (Wildman–Crippen LogP) is 2.78. The minimum atomic E-state index is -1.17. The van der Waals surface area contributed by atoms with Crippen molar-refractivity contribution in [3.05, 3.63) is 54.4 Å². The number of carboxylic acids is 1. The van der Waals surface area contributed by atoms with Crippen LogP contribution in [0.3, 0.4) is 0 Å². The maximum absolute atomic E-state index is 10.9. The average Bonchev–Trinajstić information content (AvgIpc) is 2.47. The zero-order valence-electron chi connectivity index (χ0n) is 10.8. The van der Waals surface area contributed by atoms with Crippen molar-refractivity contribution in [3.63, 3.8) is 0 Å². The molecule has 3 rings (SSSR count). The molecule has 0 atom stereocenters. The molecule has 0 unspecified atom stereocenters. The Kier molecular flexibility index (Phi) is 3.12. The van der Waals surface area contributed by atoms with Gasteiger partial charge in [0, 0.05) is 17.1 Å². The van der Waals surface area contributed by atoms with E-state index in [2.05, 4.69) is 15.3 Å². The molecular formula is C15H11N3O3. The van der Waals surface area contributed by atoms with Crippen molar-refractivity contribution in [3.8, 4) is 5.75 Å². The SMILES string of the molecule is O=C(O)c1ccc(Nc2ncnc3ccccc23)cc1O. The van der Waals surface area contributed by atoms with Crippen LogP contribution in [0.1, 0.15) is 10.4 Å². The zero-order valence-corrected chi connectivity index (χ0v) is 10.8. The Balaban J connectivity index is 1.99. The van der Waals surface area contributed by atoms with Crippen molar-refractivity contribution < 1.29 is 15.0 Å². The van der Waals surface area contributed by atoms with Crippen LogP contribution in [0.15, 0.2) is 48.8 Å². The van der Waals surface area contributed by atoms with Crippen molar-refractivity contribution in [2.75, 3.05) is 5.32 Å². The number of fused-ring (bicyclic) bond motifs is 1. The van der Waals surface area contributed by atoms with Crippen LogP contribution < -0.4 is 5.32 Å². The number of carboxylic acid groups (broad SMARTS) is 1. The summed E-state index contributed by atoms with van der Waals surface area (Å²) in [7, 11) is 0. The van der Waals surface area contributed by atoms with Crippen molar-refractivity contribution in [1.82, 2.24) is 9.97 Å². The van der Waals surface area contributed by atoms with Crippen LogP contribution in [-0.4, -0.2) is 26.2 Å². The molecule has 6 nitrogen and oxygen atoms in total. The quantitative estimate of drug-likeness (QED) is 0.683. The Morgan fingerprint density at radius 1 is 1.10 bits per heavy atom. The van der Waals surface area contributed by atoms with Gasteiger partial charge in [-0.3, -0.25) is 0 Å². The standard InChI is InChI=1S/C15H11N3O3/c19-13-7-9(5-6-11(13)15(20)21)18-14-10-3-1-2-4-12(10)16-8-17-14/h1-8,19H,(H,20,21)(H,16,17,18). The van der Waals surface area contributed by atoms with Gasteiger partial charge in [-0.15, -0.1) is 0 Å². The second-order valence-electron chi connectivity index (χ2n) is 4.40. The molecule has 3 aromatic rings. The number of aromatic hydroxyl groups is 1. The average molecular weight is 281 g/mol. The highest BCUT2D eigenvalue weighted by Crippen LogP contribution is 2.26.